The lowest BCUT2D eigenvalue weighted by Crippen LogP contribution is -2.08. The quantitative estimate of drug-likeness (QED) is 0.673. The van der Waals surface area contributed by atoms with Crippen LogP contribution in [0.2, 0.25) is 0 Å². The predicted molar refractivity (Wildman–Crippen MR) is 75.8 cm³/mol. The minimum Gasteiger partial charge on any atom is -0.398 e. The van der Waals surface area contributed by atoms with Gasteiger partial charge < -0.3 is 5.73 Å². The summed E-state index contributed by atoms with van der Waals surface area (Å²) in [7, 11) is -3.81. The van der Waals surface area contributed by atoms with Gasteiger partial charge in [-0.3, -0.25) is 0 Å². The smallest absolute Gasteiger partial charge is 0.182 e. The molecule has 0 saturated heterocycles. The molecule has 0 aliphatic heterocycles. The molecule has 0 aliphatic rings. The molecule has 0 radical (unpaired) electrons. The summed E-state index contributed by atoms with van der Waals surface area (Å²) in [5.74, 6) is -2.69. The van der Waals surface area contributed by atoms with Crippen LogP contribution < -0.4 is 5.73 Å². The summed E-state index contributed by atoms with van der Waals surface area (Å²) in [5.41, 5.74) is 6.43. The summed E-state index contributed by atoms with van der Waals surface area (Å²) >= 11 is 3.22. The molecule has 0 aromatic heterocycles. The molecule has 0 spiro atoms. The highest BCUT2D eigenvalue weighted by molar-refractivity contribution is 9.10. The maximum Gasteiger partial charge on any atom is 0.182 e. The van der Waals surface area contributed by atoms with Gasteiger partial charge in [0.25, 0.3) is 0 Å². The number of hydrogen-bond acceptors (Lipinski definition) is 3. The summed E-state index contributed by atoms with van der Waals surface area (Å²) in [4.78, 5) is -0.286. The fraction of sp³-hybridized carbons (Fsp3) is 0.0769. The van der Waals surface area contributed by atoms with E-state index in [0.717, 1.165) is 12.1 Å². The van der Waals surface area contributed by atoms with E-state index in [9.17, 15) is 17.2 Å². The van der Waals surface area contributed by atoms with Crippen molar-refractivity contribution in [1.29, 1.82) is 0 Å². The molecule has 0 aliphatic carbocycles. The second kappa shape index (κ2) is 5.49. The molecule has 0 saturated carbocycles. The zero-order valence-corrected chi connectivity index (χ0v) is 12.5. The first kappa shape index (κ1) is 14.9. The highest BCUT2D eigenvalue weighted by atomic mass is 79.9. The highest BCUT2D eigenvalue weighted by Crippen LogP contribution is 2.27. The van der Waals surface area contributed by atoms with Gasteiger partial charge in [-0.1, -0.05) is 22.0 Å². The second-order valence-corrected chi connectivity index (χ2v) is 6.99. The molecule has 20 heavy (non-hydrogen) atoms. The molecule has 0 amide bonds. The molecule has 0 fully saturated rings. The number of benzene rings is 2. The van der Waals surface area contributed by atoms with Crippen LogP contribution in [0.5, 0.6) is 0 Å². The molecule has 2 rings (SSSR count). The monoisotopic (exact) mass is 361 g/mol. The van der Waals surface area contributed by atoms with Gasteiger partial charge in [0.2, 0.25) is 0 Å². The SMILES string of the molecule is Nc1cccc(Br)c1CS(=O)(=O)c1ccc(F)c(F)c1. The molecule has 0 bridgehead atoms. The van der Waals surface area contributed by atoms with E-state index >= 15 is 0 Å². The van der Waals surface area contributed by atoms with Crippen molar-refractivity contribution < 1.29 is 17.2 Å². The number of rotatable bonds is 3. The third-order valence-electron chi connectivity index (χ3n) is 2.74. The summed E-state index contributed by atoms with van der Waals surface area (Å²) in [6.07, 6.45) is 0. The van der Waals surface area contributed by atoms with Gasteiger partial charge in [0.15, 0.2) is 21.5 Å². The molecule has 0 unspecified atom stereocenters. The molecule has 0 heterocycles. The van der Waals surface area contributed by atoms with Crippen LogP contribution in [-0.4, -0.2) is 8.42 Å². The Kier molecular flexibility index (Phi) is 4.10. The predicted octanol–water partition coefficient (Wildman–Crippen LogP) is 3.28. The Morgan fingerprint density at radius 1 is 1.10 bits per heavy atom. The van der Waals surface area contributed by atoms with Crippen LogP contribution in [0.1, 0.15) is 5.56 Å². The first-order valence-electron chi connectivity index (χ1n) is 5.52. The van der Waals surface area contributed by atoms with Crippen molar-refractivity contribution in [1.82, 2.24) is 0 Å². The highest BCUT2D eigenvalue weighted by Gasteiger charge is 2.20. The zero-order chi connectivity index (χ0) is 14.9. The lowest BCUT2D eigenvalue weighted by atomic mass is 10.2. The Balaban J connectivity index is 2.43. The molecule has 2 aromatic carbocycles. The number of hydrogen-bond donors (Lipinski definition) is 1. The Bertz CT molecular complexity index is 743. The van der Waals surface area contributed by atoms with Crippen LogP contribution in [0.25, 0.3) is 0 Å². The van der Waals surface area contributed by atoms with Crippen molar-refractivity contribution in [3.63, 3.8) is 0 Å². The summed E-state index contributed by atoms with van der Waals surface area (Å²) in [6, 6.07) is 7.38. The van der Waals surface area contributed by atoms with Gasteiger partial charge in [-0.15, -0.1) is 0 Å². The maximum absolute atomic E-state index is 13.1. The Morgan fingerprint density at radius 2 is 1.80 bits per heavy atom. The van der Waals surface area contributed by atoms with Crippen LogP contribution in [0, 0.1) is 11.6 Å². The van der Waals surface area contributed by atoms with Crippen molar-refractivity contribution in [3.05, 3.63) is 58.1 Å². The van der Waals surface area contributed by atoms with Gasteiger partial charge >= 0.3 is 0 Å². The van der Waals surface area contributed by atoms with E-state index < -0.39 is 27.2 Å². The third kappa shape index (κ3) is 2.99. The van der Waals surface area contributed by atoms with Crippen molar-refractivity contribution in [2.24, 2.45) is 0 Å². The lowest BCUT2D eigenvalue weighted by molar-refractivity contribution is 0.504. The topological polar surface area (TPSA) is 60.2 Å². The second-order valence-electron chi connectivity index (χ2n) is 4.14. The molecular weight excluding hydrogens is 352 g/mol. The maximum atomic E-state index is 13.1. The molecule has 2 aromatic rings. The van der Waals surface area contributed by atoms with Crippen molar-refractivity contribution in [2.45, 2.75) is 10.6 Å². The normalized spacial score (nSPS) is 11.6. The Morgan fingerprint density at radius 3 is 2.40 bits per heavy atom. The average molecular weight is 362 g/mol. The summed E-state index contributed by atoms with van der Waals surface area (Å²) < 4.78 is 50.9. The Hall–Kier alpha value is -1.47. The number of sulfone groups is 1. The first-order valence-corrected chi connectivity index (χ1v) is 7.96. The third-order valence-corrected chi connectivity index (χ3v) is 5.12. The fourth-order valence-electron chi connectivity index (χ4n) is 1.67. The average Bonchev–Trinajstić information content (AvgIpc) is 2.37. The van der Waals surface area contributed by atoms with E-state index in [1.807, 2.05) is 0 Å². The van der Waals surface area contributed by atoms with E-state index in [-0.39, 0.29) is 4.90 Å². The van der Waals surface area contributed by atoms with Crippen LogP contribution in [0.4, 0.5) is 14.5 Å². The molecule has 106 valence electrons. The van der Waals surface area contributed by atoms with E-state index in [1.165, 1.54) is 0 Å². The van der Waals surface area contributed by atoms with Crippen molar-refractivity contribution in [2.75, 3.05) is 5.73 Å². The van der Waals surface area contributed by atoms with Crippen LogP contribution >= 0.6 is 15.9 Å². The van der Waals surface area contributed by atoms with Gasteiger partial charge in [-0.25, -0.2) is 17.2 Å². The summed E-state index contributed by atoms with van der Waals surface area (Å²) in [6.45, 7) is 0. The largest absolute Gasteiger partial charge is 0.398 e. The summed E-state index contributed by atoms with van der Waals surface area (Å²) in [5, 5.41) is 0. The standard InChI is InChI=1S/C13H10BrF2NO2S/c14-10-2-1-3-13(17)9(10)7-20(18,19)8-4-5-11(15)12(16)6-8/h1-6H,7,17H2. The van der Waals surface area contributed by atoms with Crippen LogP contribution in [-0.2, 0) is 15.6 Å². The number of nitrogen functional groups attached to an aromatic ring is 1. The van der Waals surface area contributed by atoms with Crippen LogP contribution in [0.15, 0.2) is 45.8 Å². The van der Waals surface area contributed by atoms with Gasteiger partial charge in [0, 0.05) is 15.7 Å². The van der Waals surface area contributed by atoms with Crippen molar-refractivity contribution >= 4 is 31.5 Å². The fourth-order valence-corrected chi connectivity index (χ4v) is 3.81. The van der Waals surface area contributed by atoms with Gasteiger partial charge in [-0.05, 0) is 30.3 Å². The van der Waals surface area contributed by atoms with Crippen molar-refractivity contribution in [3.8, 4) is 0 Å². The molecule has 7 heteroatoms. The minimum absolute atomic E-state index is 0.286. The zero-order valence-electron chi connectivity index (χ0n) is 10.1. The number of nitrogens with two attached hydrogens (primary N) is 1. The van der Waals surface area contributed by atoms with Gasteiger partial charge in [0.05, 0.1) is 10.6 Å². The minimum atomic E-state index is -3.81. The Labute approximate surface area is 123 Å². The lowest BCUT2D eigenvalue weighted by Gasteiger charge is -2.09. The first-order chi connectivity index (χ1) is 9.31. The number of halogens is 3. The van der Waals surface area contributed by atoms with E-state index in [0.29, 0.717) is 21.8 Å². The van der Waals surface area contributed by atoms with Gasteiger partial charge in [0.1, 0.15) is 0 Å². The molecule has 2 N–H and O–H groups in total. The molecule has 3 nitrogen and oxygen atoms in total. The van der Waals surface area contributed by atoms with Gasteiger partial charge in [-0.2, -0.15) is 0 Å². The number of anilines is 1. The van der Waals surface area contributed by atoms with E-state index in [4.69, 9.17) is 5.73 Å². The molecule has 0 atom stereocenters. The molecular formula is C13H10BrF2NO2S. The van der Waals surface area contributed by atoms with E-state index in [1.54, 1.807) is 18.2 Å². The van der Waals surface area contributed by atoms with Crippen LogP contribution in [0.3, 0.4) is 0 Å². The van der Waals surface area contributed by atoms with E-state index in [2.05, 4.69) is 15.9 Å².